The standard InChI is InChI=1S/C14H17NO/c1-2-3-4-11-5-6-12-7-8-15-14(10-16)13(12)9-11/h5-9,16H,2-4,10H2,1H3. The molecule has 0 aliphatic heterocycles. The third kappa shape index (κ3) is 2.22. The molecule has 0 amide bonds. The summed E-state index contributed by atoms with van der Waals surface area (Å²) in [6.07, 6.45) is 5.27. The number of aliphatic hydroxyl groups excluding tert-OH is 1. The van der Waals surface area contributed by atoms with Gasteiger partial charge in [-0.2, -0.15) is 0 Å². The minimum Gasteiger partial charge on any atom is -0.390 e. The predicted molar refractivity (Wildman–Crippen MR) is 66.3 cm³/mol. The van der Waals surface area contributed by atoms with Gasteiger partial charge in [-0.05, 0) is 35.9 Å². The van der Waals surface area contributed by atoms with Crippen LogP contribution < -0.4 is 0 Å². The zero-order chi connectivity index (χ0) is 11.4. The molecule has 1 heterocycles. The van der Waals surface area contributed by atoms with Gasteiger partial charge in [-0.25, -0.2) is 0 Å². The van der Waals surface area contributed by atoms with Crippen LogP contribution in [0.25, 0.3) is 10.8 Å². The summed E-state index contributed by atoms with van der Waals surface area (Å²) in [5.41, 5.74) is 2.10. The second kappa shape index (κ2) is 5.08. The van der Waals surface area contributed by atoms with E-state index in [9.17, 15) is 5.11 Å². The Bertz CT molecular complexity index is 479. The number of fused-ring (bicyclic) bond motifs is 1. The number of pyridine rings is 1. The smallest absolute Gasteiger partial charge is 0.0859 e. The van der Waals surface area contributed by atoms with Crippen LogP contribution in [0.1, 0.15) is 31.0 Å². The summed E-state index contributed by atoms with van der Waals surface area (Å²) in [6.45, 7) is 2.20. The first kappa shape index (κ1) is 11.1. The summed E-state index contributed by atoms with van der Waals surface area (Å²) in [5, 5.41) is 11.5. The summed E-state index contributed by atoms with van der Waals surface area (Å²) in [6, 6.07) is 8.42. The normalized spacial score (nSPS) is 10.9. The van der Waals surface area contributed by atoms with E-state index < -0.39 is 0 Å². The highest BCUT2D eigenvalue weighted by Gasteiger charge is 2.02. The first-order chi connectivity index (χ1) is 7.85. The summed E-state index contributed by atoms with van der Waals surface area (Å²) >= 11 is 0. The zero-order valence-corrected chi connectivity index (χ0v) is 9.61. The molecule has 2 rings (SSSR count). The molecule has 0 aliphatic rings. The Balaban J connectivity index is 2.42. The van der Waals surface area contributed by atoms with Gasteiger partial charge in [0.25, 0.3) is 0 Å². The van der Waals surface area contributed by atoms with Gasteiger partial charge in [0.2, 0.25) is 0 Å². The number of aromatic nitrogens is 1. The Labute approximate surface area is 96.0 Å². The molecule has 1 aromatic heterocycles. The molecule has 0 atom stereocenters. The van der Waals surface area contributed by atoms with E-state index in [0.29, 0.717) is 0 Å². The number of aliphatic hydroxyl groups is 1. The van der Waals surface area contributed by atoms with Crippen LogP contribution >= 0.6 is 0 Å². The third-order valence-electron chi connectivity index (χ3n) is 2.88. The van der Waals surface area contributed by atoms with Crippen LogP contribution in [-0.4, -0.2) is 10.1 Å². The van der Waals surface area contributed by atoms with Crippen molar-refractivity contribution in [3.8, 4) is 0 Å². The van der Waals surface area contributed by atoms with Crippen molar-refractivity contribution in [1.82, 2.24) is 4.98 Å². The Morgan fingerprint density at radius 3 is 2.88 bits per heavy atom. The molecule has 0 radical (unpaired) electrons. The number of hydrogen-bond acceptors (Lipinski definition) is 2. The fourth-order valence-electron chi connectivity index (χ4n) is 1.94. The zero-order valence-electron chi connectivity index (χ0n) is 9.61. The predicted octanol–water partition coefficient (Wildman–Crippen LogP) is 3.07. The minimum atomic E-state index is 0.00850. The Morgan fingerprint density at radius 1 is 1.25 bits per heavy atom. The largest absolute Gasteiger partial charge is 0.390 e. The summed E-state index contributed by atoms with van der Waals surface area (Å²) < 4.78 is 0. The van der Waals surface area contributed by atoms with E-state index >= 15 is 0 Å². The second-order valence-electron chi connectivity index (χ2n) is 4.07. The van der Waals surface area contributed by atoms with E-state index in [1.807, 2.05) is 6.07 Å². The van der Waals surface area contributed by atoms with E-state index in [0.717, 1.165) is 22.9 Å². The molecular weight excluding hydrogens is 198 g/mol. The van der Waals surface area contributed by atoms with E-state index in [4.69, 9.17) is 0 Å². The number of rotatable bonds is 4. The maximum atomic E-state index is 9.24. The molecule has 2 aromatic rings. The molecule has 1 aromatic carbocycles. The van der Waals surface area contributed by atoms with Crippen LogP contribution in [0.5, 0.6) is 0 Å². The molecule has 16 heavy (non-hydrogen) atoms. The monoisotopic (exact) mass is 215 g/mol. The van der Waals surface area contributed by atoms with E-state index in [1.165, 1.54) is 18.4 Å². The fourth-order valence-corrected chi connectivity index (χ4v) is 1.94. The summed E-state index contributed by atoms with van der Waals surface area (Å²) in [7, 11) is 0. The molecule has 0 spiro atoms. The fraction of sp³-hybridized carbons (Fsp3) is 0.357. The second-order valence-corrected chi connectivity index (χ2v) is 4.07. The highest BCUT2D eigenvalue weighted by atomic mass is 16.3. The van der Waals surface area contributed by atoms with Gasteiger partial charge in [0.15, 0.2) is 0 Å². The molecule has 2 nitrogen and oxygen atoms in total. The van der Waals surface area contributed by atoms with Crippen molar-refractivity contribution in [2.75, 3.05) is 0 Å². The quantitative estimate of drug-likeness (QED) is 0.850. The minimum absolute atomic E-state index is 0.00850. The van der Waals surface area contributed by atoms with Gasteiger partial charge in [0, 0.05) is 11.6 Å². The van der Waals surface area contributed by atoms with Crippen molar-refractivity contribution in [3.63, 3.8) is 0 Å². The van der Waals surface area contributed by atoms with E-state index in [1.54, 1.807) is 6.20 Å². The molecule has 0 unspecified atom stereocenters. The Hall–Kier alpha value is -1.41. The molecule has 1 N–H and O–H groups in total. The SMILES string of the molecule is CCCCc1ccc2ccnc(CO)c2c1. The van der Waals surface area contributed by atoms with Gasteiger partial charge < -0.3 is 5.11 Å². The number of unbranched alkanes of at least 4 members (excludes halogenated alkanes) is 1. The maximum absolute atomic E-state index is 9.24. The number of benzene rings is 1. The van der Waals surface area contributed by atoms with Crippen LogP contribution in [0, 0.1) is 0 Å². The van der Waals surface area contributed by atoms with Gasteiger partial charge >= 0.3 is 0 Å². The van der Waals surface area contributed by atoms with Gasteiger partial charge in [0.1, 0.15) is 0 Å². The third-order valence-corrected chi connectivity index (χ3v) is 2.88. The van der Waals surface area contributed by atoms with Crippen molar-refractivity contribution >= 4 is 10.8 Å². The lowest BCUT2D eigenvalue weighted by atomic mass is 10.0. The van der Waals surface area contributed by atoms with Gasteiger partial charge in [-0.1, -0.05) is 25.5 Å². The van der Waals surface area contributed by atoms with E-state index in [-0.39, 0.29) is 6.61 Å². The topological polar surface area (TPSA) is 33.1 Å². The van der Waals surface area contributed by atoms with Crippen molar-refractivity contribution in [3.05, 3.63) is 41.7 Å². The first-order valence-corrected chi connectivity index (χ1v) is 5.82. The average Bonchev–Trinajstić information content (AvgIpc) is 2.35. The van der Waals surface area contributed by atoms with Crippen LogP contribution in [0.15, 0.2) is 30.5 Å². The number of hydrogen-bond donors (Lipinski definition) is 1. The van der Waals surface area contributed by atoms with Crippen LogP contribution in [0.4, 0.5) is 0 Å². The molecule has 0 fully saturated rings. The molecule has 2 heteroatoms. The highest BCUT2D eigenvalue weighted by Crippen LogP contribution is 2.19. The summed E-state index contributed by atoms with van der Waals surface area (Å²) in [5.74, 6) is 0. The lowest BCUT2D eigenvalue weighted by Crippen LogP contribution is -1.92. The molecule has 84 valence electrons. The lowest BCUT2D eigenvalue weighted by molar-refractivity contribution is 0.278. The molecule has 0 saturated carbocycles. The van der Waals surface area contributed by atoms with Crippen LogP contribution in [-0.2, 0) is 13.0 Å². The van der Waals surface area contributed by atoms with Crippen LogP contribution in [0.2, 0.25) is 0 Å². The van der Waals surface area contributed by atoms with E-state index in [2.05, 4.69) is 30.1 Å². The molecule has 0 bridgehead atoms. The Morgan fingerprint density at radius 2 is 2.12 bits per heavy atom. The van der Waals surface area contributed by atoms with Gasteiger partial charge in [-0.3, -0.25) is 4.98 Å². The maximum Gasteiger partial charge on any atom is 0.0859 e. The van der Waals surface area contributed by atoms with Crippen molar-refractivity contribution in [2.24, 2.45) is 0 Å². The van der Waals surface area contributed by atoms with Crippen LogP contribution in [0.3, 0.4) is 0 Å². The van der Waals surface area contributed by atoms with Crippen molar-refractivity contribution in [2.45, 2.75) is 32.8 Å². The van der Waals surface area contributed by atoms with Crippen molar-refractivity contribution < 1.29 is 5.11 Å². The number of nitrogens with zero attached hydrogens (tertiary/aromatic N) is 1. The molecular formula is C14H17NO. The highest BCUT2D eigenvalue weighted by molar-refractivity contribution is 5.84. The lowest BCUT2D eigenvalue weighted by Gasteiger charge is -2.05. The molecule has 0 aliphatic carbocycles. The first-order valence-electron chi connectivity index (χ1n) is 5.82. The summed E-state index contributed by atoms with van der Waals surface area (Å²) in [4.78, 5) is 4.20. The average molecular weight is 215 g/mol. The van der Waals surface area contributed by atoms with Crippen molar-refractivity contribution in [1.29, 1.82) is 0 Å². The van der Waals surface area contributed by atoms with Gasteiger partial charge in [0.05, 0.1) is 12.3 Å². The Kier molecular flexibility index (Phi) is 3.52. The van der Waals surface area contributed by atoms with Gasteiger partial charge in [-0.15, -0.1) is 0 Å². The molecule has 0 saturated heterocycles. The number of aryl methyl sites for hydroxylation is 1.